The Bertz CT molecular complexity index is 795. The monoisotopic (exact) mass is 347 g/mol. The van der Waals surface area contributed by atoms with Gasteiger partial charge in [-0.25, -0.2) is 4.68 Å². The van der Waals surface area contributed by atoms with Crippen molar-refractivity contribution < 1.29 is 4.52 Å². The third-order valence-electron chi connectivity index (χ3n) is 4.18. The van der Waals surface area contributed by atoms with Crippen LogP contribution in [-0.2, 0) is 12.1 Å². The van der Waals surface area contributed by atoms with E-state index < -0.39 is 5.54 Å². The zero-order valence-corrected chi connectivity index (χ0v) is 13.8. The highest BCUT2D eigenvalue weighted by molar-refractivity contribution is 5.85. The summed E-state index contributed by atoms with van der Waals surface area (Å²) >= 11 is 0. The van der Waals surface area contributed by atoms with E-state index in [1.807, 2.05) is 18.2 Å². The summed E-state index contributed by atoms with van der Waals surface area (Å²) in [5.74, 6) is 0.910. The summed E-state index contributed by atoms with van der Waals surface area (Å²) in [5, 5.41) is 12.2. The topological polar surface area (TPSA) is 109 Å². The average molecular weight is 348 g/mol. The molecule has 9 heteroatoms. The van der Waals surface area contributed by atoms with Crippen molar-refractivity contribution in [1.29, 1.82) is 0 Å². The molecule has 0 unspecified atom stereocenters. The molecular weight excluding hydrogens is 330 g/mol. The van der Waals surface area contributed by atoms with E-state index in [9.17, 15) is 0 Å². The number of aromatic nitrogens is 6. The average Bonchev–Trinajstić information content (AvgIpc) is 3.28. The minimum atomic E-state index is -0.467. The summed E-state index contributed by atoms with van der Waals surface area (Å²) in [4.78, 5) is 8.69. The Hall–Kier alpha value is -2.32. The van der Waals surface area contributed by atoms with Crippen LogP contribution >= 0.6 is 12.4 Å². The standard InChI is InChI=1S/C15H17N7O.ClH/c16-15(6-2-3-7-15)14-18-13(23-20-14)12-10-22(21-19-12)9-11-5-1-4-8-17-11;/h1,4-5,8,10H,2-3,6-7,9,16H2;1H. The van der Waals surface area contributed by atoms with E-state index in [-0.39, 0.29) is 12.4 Å². The number of hydrogen-bond donors (Lipinski definition) is 1. The Morgan fingerprint density at radius 2 is 2.08 bits per heavy atom. The van der Waals surface area contributed by atoms with Gasteiger partial charge < -0.3 is 10.3 Å². The number of nitrogens with zero attached hydrogens (tertiary/aromatic N) is 6. The zero-order chi connectivity index (χ0) is 15.7. The molecule has 8 nitrogen and oxygen atoms in total. The van der Waals surface area contributed by atoms with Crippen LogP contribution < -0.4 is 5.73 Å². The molecule has 1 aliphatic carbocycles. The maximum Gasteiger partial charge on any atom is 0.280 e. The van der Waals surface area contributed by atoms with Crippen LogP contribution in [0, 0.1) is 0 Å². The molecule has 1 saturated carbocycles. The van der Waals surface area contributed by atoms with Gasteiger partial charge in [0.05, 0.1) is 24.0 Å². The summed E-state index contributed by atoms with van der Waals surface area (Å²) in [6, 6.07) is 5.75. The van der Waals surface area contributed by atoms with Crippen LogP contribution in [-0.4, -0.2) is 30.1 Å². The zero-order valence-electron chi connectivity index (χ0n) is 13.0. The molecule has 0 atom stereocenters. The highest BCUT2D eigenvalue weighted by atomic mass is 35.5. The second-order valence-electron chi connectivity index (χ2n) is 5.91. The molecule has 0 amide bonds. The Morgan fingerprint density at radius 3 is 2.83 bits per heavy atom. The lowest BCUT2D eigenvalue weighted by atomic mass is 9.99. The van der Waals surface area contributed by atoms with Crippen LogP contribution in [0.4, 0.5) is 0 Å². The highest BCUT2D eigenvalue weighted by Crippen LogP contribution is 2.35. The van der Waals surface area contributed by atoms with Gasteiger partial charge in [0.1, 0.15) is 0 Å². The van der Waals surface area contributed by atoms with Crippen LogP contribution in [0.25, 0.3) is 11.6 Å². The number of pyridine rings is 1. The number of rotatable bonds is 4. The van der Waals surface area contributed by atoms with Gasteiger partial charge in [-0.15, -0.1) is 17.5 Å². The van der Waals surface area contributed by atoms with Gasteiger partial charge >= 0.3 is 0 Å². The molecule has 2 N–H and O–H groups in total. The van der Waals surface area contributed by atoms with E-state index >= 15 is 0 Å². The van der Waals surface area contributed by atoms with Crippen LogP contribution in [0.15, 0.2) is 35.1 Å². The lowest BCUT2D eigenvalue weighted by Crippen LogP contribution is -2.34. The van der Waals surface area contributed by atoms with E-state index in [0.717, 1.165) is 31.4 Å². The van der Waals surface area contributed by atoms with Gasteiger partial charge in [-0.05, 0) is 25.0 Å². The molecule has 3 aromatic rings. The van der Waals surface area contributed by atoms with Gasteiger partial charge in [-0.1, -0.05) is 29.3 Å². The first-order valence-electron chi connectivity index (χ1n) is 7.66. The van der Waals surface area contributed by atoms with Gasteiger partial charge in [-0.2, -0.15) is 4.98 Å². The summed E-state index contributed by atoms with van der Waals surface area (Å²) < 4.78 is 7.01. The van der Waals surface area contributed by atoms with Crippen molar-refractivity contribution in [2.75, 3.05) is 0 Å². The molecule has 0 radical (unpaired) electrons. The van der Waals surface area contributed by atoms with Crippen LogP contribution in [0.5, 0.6) is 0 Å². The molecule has 0 saturated heterocycles. The maximum atomic E-state index is 6.34. The van der Waals surface area contributed by atoms with Gasteiger partial charge in [0.15, 0.2) is 11.5 Å². The predicted molar refractivity (Wildman–Crippen MR) is 88.2 cm³/mol. The van der Waals surface area contributed by atoms with Gasteiger partial charge in [0.25, 0.3) is 5.89 Å². The maximum absolute atomic E-state index is 6.34. The molecule has 24 heavy (non-hydrogen) atoms. The molecule has 3 heterocycles. The first-order valence-corrected chi connectivity index (χ1v) is 7.66. The number of hydrogen-bond acceptors (Lipinski definition) is 7. The smallest absolute Gasteiger partial charge is 0.280 e. The van der Waals surface area contributed by atoms with Gasteiger partial charge in [0.2, 0.25) is 0 Å². The molecule has 4 rings (SSSR count). The summed E-state index contributed by atoms with van der Waals surface area (Å²) in [6.45, 7) is 0.537. The van der Waals surface area contributed by atoms with Crippen molar-refractivity contribution in [3.63, 3.8) is 0 Å². The molecule has 1 aliphatic rings. The van der Waals surface area contributed by atoms with Gasteiger partial charge in [0, 0.05) is 6.20 Å². The third-order valence-corrected chi connectivity index (χ3v) is 4.18. The quantitative estimate of drug-likeness (QED) is 0.767. The SMILES string of the molecule is Cl.NC1(c2noc(-c3cn(Cc4ccccn4)nn3)n2)CCCC1. The normalized spacial score (nSPS) is 16.0. The second-order valence-corrected chi connectivity index (χ2v) is 5.91. The summed E-state index contributed by atoms with van der Waals surface area (Å²) in [6.07, 6.45) is 7.49. The second kappa shape index (κ2) is 6.66. The van der Waals surface area contributed by atoms with E-state index in [2.05, 4.69) is 25.4 Å². The largest absolute Gasteiger partial charge is 0.332 e. The Morgan fingerprint density at radius 1 is 1.25 bits per heavy atom. The first kappa shape index (κ1) is 16.5. The Balaban J connectivity index is 0.00000169. The van der Waals surface area contributed by atoms with Crippen molar-refractivity contribution in [1.82, 2.24) is 30.1 Å². The minimum Gasteiger partial charge on any atom is -0.332 e. The van der Waals surface area contributed by atoms with E-state index in [0.29, 0.717) is 24.0 Å². The predicted octanol–water partition coefficient (Wildman–Crippen LogP) is 1.92. The molecule has 0 bridgehead atoms. The van der Waals surface area contributed by atoms with Crippen molar-refractivity contribution in [3.8, 4) is 11.6 Å². The fourth-order valence-corrected chi connectivity index (χ4v) is 2.89. The van der Waals surface area contributed by atoms with Crippen molar-refractivity contribution >= 4 is 12.4 Å². The Labute approximate surface area is 144 Å². The third kappa shape index (κ3) is 3.15. The van der Waals surface area contributed by atoms with Gasteiger partial charge in [-0.3, -0.25) is 4.98 Å². The van der Waals surface area contributed by atoms with Crippen LogP contribution in [0.1, 0.15) is 37.2 Å². The van der Waals surface area contributed by atoms with Crippen molar-refractivity contribution in [3.05, 3.63) is 42.1 Å². The van der Waals surface area contributed by atoms with E-state index in [4.69, 9.17) is 10.3 Å². The highest BCUT2D eigenvalue weighted by Gasteiger charge is 2.36. The van der Waals surface area contributed by atoms with E-state index in [1.165, 1.54) is 0 Å². The summed E-state index contributed by atoms with van der Waals surface area (Å²) in [5.41, 5.74) is 7.33. The fourth-order valence-electron chi connectivity index (χ4n) is 2.89. The van der Waals surface area contributed by atoms with Crippen molar-refractivity contribution in [2.24, 2.45) is 5.73 Å². The molecular formula is C15H18ClN7O. The Kier molecular flexibility index (Phi) is 4.59. The minimum absolute atomic E-state index is 0. The fraction of sp³-hybridized carbons (Fsp3) is 0.400. The van der Waals surface area contributed by atoms with Crippen molar-refractivity contribution in [2.45, 2.75) is 37.8 Å². The number of nitrogens with two attached hydrogens (primary N) is 1. The van der Waals surface area contributed by atoms with Crippen LogP contribution in [0.2, 0.25) is 0 Å². The molecule has 0 spiro atoms. The molecule has 0 aromatic carbocycles. The first-order chi connectivity index (χ1) is 11.2. The van der Waals surface area contributed by atoms with E-state index in [1.54, 1.807) is 17.1 Å². The number of halogens is 1. The molecule has 0 aliphatic heterocycles. The molecule has 1 fully saturated rings. The molecule has 126 valence electrons. The lowest BCUT2D eigenvalue weighted by molar-refractivity contribution is 0.372. The van der Waals surface area contributed by atoms with Crippen LogP contribution in [0.3, 0.4) is 0 Å². The molecule has 3 aromatic heterocycles. The summed E-state index contributed by atoms with van der Waals surface area (Å²) in [7, 11) is 0. The lowest BCUT2D eigenvalue weighted by Gasteiger charge is -2.17.